The van der Waals surface area contributed by atoms with Gasteiger partial charge in [0.25, 0.3) is 0 Å². The molecule has 32 valence electrons. The molecule has 3 heteroatoms. The molecule has 1 atom stereocenters. The van der Waals surface area contributed by atoms with Crippen molar-refractivity contribution in [3.05, 3.63) is 0 Å². The molecule has 1 fully saturated rings. The summed E-state index contributed by atoms with van der Waals surface area (Å²) in [5.41, 5.74) is 0. The first kappa shape index (κ1) is 10.5. The maximum Gasteiger partial charge on any atom is 1.00 e. The fraction of sp³-hybridized carbons (Fsp3) is 1.00. The van der Waals surface area contributed by atoms with Gasteiger partial charge >= 0.3 is 51.4 Å². The van der Waals surface area contributed by atoms with Crippen LogP contribution in [0.5, 0.6) is 0 Å². The van der Waals surface area contributed by atoms with E-state index in [0.29, 0.717) is 6.10 Å². The molecule has 0 radical (unpaired) electrons. The van der Waals surface area contributed by atoms with Crippen molar-refractivity contribution in [3.63, 3.8) is 0 Å². The Morgan fingerprint density at radius 2 is 1.83 bits per heavy atom. The van der Waals surface area contributed by atoms with Crippen LogP contribution in [0.4, 0.5) is 0 Å². The molecule has 1 N–H and O–H groups in total. The summed E-state index contributed by atoms with van der Waals surface area (Å²) in [5.74, 6) is 0. The van der Waals surface area contributed by atoms with Crippen LogP contribution in [0.15, 0.2) is 0 Å². The molecular weight excluding hydrogens is 107 g/mol. The van der Waals surface area contributed by atoms with Gasteiger partial charge in [0.1, 0.15) is 0 Å². The van der Waals surface area contributed by atoms with Crippen molar-refractivity contribution >= 4 is 0 Å². The zero-order valence-corrected chi connectivity index (χ0v) is 7.26. The predicted octanol–water partition coefficient (Wildman–Crippen LogP) is -2.77. The van der Waals surface area contributed by atoms with Gasteiger partial charge in [0.2, 0.25) is 0 Å². The predicted molar refractivity (Wildman–Crippen MR) is 17.3 cm³/mol. The Kier molecular flexibility index (Phi) is 8.26. The van der Waals surface area contributed by atoms with E-state index in [2.05, 4.69) is 6.92 Å². The van der Waals surface area contributed by atoms with Crippen molar-refractivity contribution in [1.82, 2.24) is 0 Å². The molecule has 1 unspecified atom stereocenters. The average Bonchev–Trinajstić information content (AvgIpc) is 1.75. The molecular formula is C3H7KO2. The maximum absolute atomic E-state index is 4.71. The second-order valence-electron chi connectivity index (χ2n) is 1.14. The molecule has 6 heavy (non-hydrogen) atoms. The van der Waals surface area contributed by atoms with Gasteiger partial charge in [-0.05, 0) is 6.92 Å². The van der Waals surface area contributed by atoms with E-state index in [9.17, 15) is 0 Å². The zero-order chi connectivity index (χ0) is 2.99. The van der Waals surface area contributed by atoms with Gasteiger partial charge in [-0.3, -0.25) is 0 Å². The van der Waals surface area contributed by atoms with E-state index >= 15 is 0 Å². The van der Waals surface area contributed by atoms with Gasteiger partial charge in [0.05, 0.1) is 12.7 Å². The van der Waals surface area contributed by atoms with Gasteiger partial charge in [0.15, 0.2) is 0 Å². The monoisotopic (exact) mass is 114 g/mol. The van der Waals surface area contributed by atoms with Crippen LogP contribution in [0.3, 0.4) is 0 Å². The summed E-state index contributed by atoms with van der Waals surface area (Å²) in [6, 6.07) is 0. The Balaban J connectivity index is 0. The molecule has 0 spiro atoms. The average molecular weight is 114 g/mol. The molecule has 0 aromatic heterocycles. The topological polar surface area (TPSA) is 42.5 Å². The Bertz CT molecular complexity index is 28.0. The van der Waals surface area contributed by atoms with Gasteiger partial charge in [0, 0.05) is 0 Å². The van der Waals surface area contributed by atoms with Gasteiger partial charge in [-0.2, -0.15) is 0 Å². The fourth-order valence-corrected chi connectivity index (χ4v) is 0.0962. The Hall–Kier alpha value is 1.56. The van der Waals surface area contributed by atoms with Crippen molar-refractivity contribution in [2.75, 3.05) is 6.61 Å². The summed E-state index contributed by atoms with van der Waals surface area (Å²) in [5, 5.41) is 0. The van der Waals surface area contributed by atoms with E-state index < -0.39 is 0 Å². The Morgan fingerprint density at radius 3 is 1.83 bits per heavy atom. The molecule has 0 bridgehead atoms. The van der Waals surface area contributed by atoms with Gasteiger partial charge in [-0.25, -0.2) is 0 Å². The third-order valence-electron chi connectivity index (χ3n) is 0.500. The Morgan fingerprint density at radius 1 is 1.67 bits per heavy atom. The number of hydrogen-bond donors (Lipinski definition) is 0. The van der Waals surface area contributed by atoms with E-state index in [1.54, 1.807) is 0 Å². The van der Waals surface area contributed by atoms with Gasteiger partial charge in [-0.15, -0.1) is 0 Å². The molecule has 1 saturated heterocycles. The number of hydrogen-bond acceptors (Lipinski definition) is 2. The molecule has 1 aliphatic rings. The van der Waals surface area contributed by atoms with Crippen LogP contribution >= 0.6 is 0 Å². The van der Waals surface area contributed by atoms with Crippen molar-refractivity contribution in [3.8, 4) is 0 Å². The minimum Gasteiger partial charge on any atom is -0.870 e. The standard InChI is InChI=1S/C3H6O.K.H2O/c1-3-2-4-3;;/h3H,2H2,1H3;;1H2/q;+1;/p-1. The van der Waals surface area contributed by atoms with Crippen LogP contribution in [-0.4, -0.2) is 18.2 Å². The molecule has 0 saturated carbocycles. The van der Waals surface area contributed by atoms with Crippen LogP contribution in [0.25, 0.3) is 0 Å². The SMILES string of the molecule is CC1CO1.[K+].[OH-]. The van der Waals surface area contributed by atoms with Crippen LogP contribution in [0, 0.1) is 0 Å². The third-order valence-corrected chi connectivity index (χ3v) is 0.500. The van der Waals surface area contributed by atoms with Crippen molar-refractivity contribution in [2.45, 2.75) is 13.0 Å². The minimum absolute atomic E-state index is 0. The molecule has 0 amide bonds. The zero-order valence-electron chi connectivity index (χ0n) is 4.14. The summed E-state index contributed by atoms with van der Waals surface area (Å²) in [7, 11) is 0. The first-order chi connectivity index (χ1) is 1.89. The number of rotatable bonds is 0. The first-order valence-corrected chi connectivity index (χ1v) is 1.51. The second kappa shape index (κ2) is 4.71. The molecule has 1 aliphatic heterocycles. The molecule has 1 heterocycles. The summed E-state index contributed by atoms with van der Waals surface area (Å²) in [6.07, 6.45) is 0.583. The summed E-state index contributed by atoms with van der Waals surface area (Å²) < 4.78 is 4.71. The summed E-state index contributed by atoms with van der Waals surface area (Å²) >= 11 is 0. The second-order valence-corrected chi connectivity index (χ2v) is 1.14. The molecule has 0 aromatic rings. The van der Waals surface area contributed by atoms with E-state index in [1.807, 2.05) is 0 Å². The normalized spacial score (nSPS) is 26.5. The van der Waals surface area contributed by atoms with Crippen LogP contribution in [0.2, 0.25) is 0 Å². The minimum atomic E-state index is 0. The maximum atomic E-state index is 4.71. The quantitative estimate of drug-likeness (QED) is 0.253. The molecule has 0 aromatic carbocycles. The number of ether oxygens (including phenoxy) is 1. The molecule has 1 rings (SSSR count). The molecule has 2 nitrogen and oxygen atoms in total. The largest absolute Gasteiger partial charge is 1.00 e. The number of epoxide rings is 1. The van der Waals surface area contributed by atoms with Crippen molar-refractivity contribution in [1.29, 1.82) is 0 Å². The van der Waals surface area contributed by atoms with Crippen molar-refractivity contribution in [2.24, 2.45) is 0 Å². The van der Waals surface area contributed by atoms with Crippen molar-refractivity contribution < 1.29 is 61.6 Å². The van der Waals surface area contributed by atoms with E-state index in [-0.39, 0.29) is 56.9 Å². The molecule has 0 aliphatic carbocycles. The van der Waals surface area contributed by atoms with Gasteiger partial charge < -0.3 is 10.2 Å². The van der Waals surface area contributed by atoms with E-state index in [1.165, 1.54) is 0 Å². The van der Waals surface area contributed by atoms with Crippen LogP contribution in [0.1, 0.15) is 6.92 Å². The van der Waals surface area contributed by atoms with E-state index in [4.69, 9.17) is 4.74 Å². The smallest absolute Gasteiger partial charge is 0.870 e. The third kappa shape index (κ3) is 5.56. The van der Waals surface area contributed by atoms with Crippen LogP contribution in [-0.2, 0) is 4.74 Å². The van der Waals surface area contributed by atoms with Crippen LogP contribution < -0.4 is 51.4 Å². The van der Waals surface area contributed by atoms with E-state index in [0.717, 1.165) is 6.61 Å². The summed E-state index contributed by atoms with van der Waals surface area (Å²) in [6.45, 7) is 3.04. The first-order valence-electron chi connectivity index (χ1n) is 1.51. The fourth-order valence-electron chi connectivity index (χ4n) is 0.0962. The summed E-state index contributed by atoms with van der Waals surface area (Å²) in [4.78, 5) is 0. The Labute approximate surface area is 80.0 Å². The van der Waals surface area contributed by atoms with Gasteiger partial charge in [-0.1, -0.05) is 0 Å².